The molecule has 2 aromatic carbocycles. The van der Waals surface area contributed by atoms with Gasteiger partial charge in [-0.1, -0.05) is 18.4 Å². The number of nitrogens with zero attached hydrogens (tertiary/aromatic N) is 5. The largest absolute Gasteiger partial charge is 0.461 e. The number of halogens is 4. The first-order chi connectivity index (χ1) is 23.3. The van der Waals surface area contributed by atoms with Gasteiger partial charge in [-0.15, -0.1) is 6.42 Å². The minimum Gasteiger partial charge on any atom is -0.461 e. The van der Waals surface area contributed by atoms with Crippen molar-refractivity contribution in [2.24, 2.45) is 11.3 Å². The second kappa shape index (κ2) is 10.5. The number of terminal acetylenes is 1. The van der Waals surface area contributed by atoms with E-state index in [-0.39, 0.29) is 52.3 Å². The molecule has 2 N–H and O–H groups in total. The van der Waals surface area contributed by atoms with Gasteiger partial charge in [-0.3, -0.25) is 9.88 Å². The molecular formula is C37H34F4N6O. The van der Waals surface area contributed by atoms with Gasteiger partial charge < -0.3 is 15.4 Å². The lowest BCUT2D eigenvalue weighted by molar-refractivity contribution is 0.0649. The summed E-state index contributed by atoms with van der Waals surface area (Å²) in [6.45, 7) is 2.18. The summed E-state index contributed by atoms with van der Waals surface area (Å²) >= 11 is 0. The number of pyridine rings is 1. The maximum absolute atomic E-state index is 17.0. The van der Waals surface area contributed by atoms with E-state index in [1.807, 2.05) is 4.90 Å². The molecule has 48 heavy (non-hydrogen) atoms. The number of ether oxygens (including phenoxy) is 1. The van der Waals surface area contributed by atoms with E-state index in [1.54, 1.807) is 12.1 Å². The third kappa shape index (κ3) is 4.20. The molecule has 3 aliphatic heterocycles. The number of alkyl halides is 1. The van der Waals surface area contributed by atoms with E-state index in [1.165, 1.54) is 18.3 Å². The molecule has 5 heterocycles. The fraction of sp³-hybridized carbons (Fsp3) is 0.432. The Kier molecular flexibility index (Phi) is 6.52. The fourth-order valence-electron chi connectivity index (χ4n) is 9.15. The summed E-state index contributed by atoms with van der Waals surface area (Å²) in [5, 5.41) is 1.17. The molecule has 0 amide bonds. The van der Waals surface area contributed by atoms with E-state index in [9.17, 15) is 8.78 Å². The predicted molar refractivity (Wildman–Crippen MR) is 176 cm³/mol. The molecule has 246 valence electrons. The van der Waals surface area contributed by atoms with Crippen molar-refractivity contribution in [1.29, 1.82) is 0 Å². The zero-order chi connectivity index (χ0) is 32.9. The van der Waals surface area contributed by atoms with Crippen LogP contribution in [0, 0.1) is 35.3 Å². The van der Waals surface area contributed by atoms with Gasteiger partial charge in [0.1, 0.15) is 35.6 Å². The molecule has 0 unspecified atom stereocenters. The molecule has 2 saturated carbocycles. The highest BCUT2D eigenvalue weighted by atomic mass is 19.1. The number of aromatic nitrogens is 3. The molecule has 9 rings (SSSR count). The van der Waals surface area contributed by atoms with Gasteiger partial charge in [0.15, 0.2) is 5.82 Å². The molecule has 1 spiro atoms. The van der Waals surface area contributed by atoms with E-state index >= 15 is 8.78 Å². The van der Waals surface area contributed by atoms with Gasteiger partial charge in [0.25, 0.3) is 0 Å². The summed E-state index contributed by atoms with van der Waals surface area (Å²) in [7, 11) is 0. The molecule has 3 saturated heterocycles. The lowest BCUT2D eigenvalue weighted by atomic mass is 9.80. The van der Waals surface area contributed by atoms with E-state index in [4.69, 9.17) is 21.9 Å². The normalized spacial score (nSPS) is 28.1. The van der Waals surface area contributed by atoms with Crippen LogP contribution in [-0.4, -0.2) is 63.8 Å². The molecule has 2 aromatic heterocycles. The maximum Gasteiger partial charge on any atom is 0.319 e. The molecule has 0 bridgehead atoms. The van der Waals surface area contributed by atoms with E-state index in [2.05, 4.69) is 20.8 Å². The van der Waals surface area contributed by atoms with Crippen molar-refractivity contribution in [3.05, 3.63) is 59.6 Å². The fourth-order valence-corrected chi connectivity index (χ4v) is 9.15. The summed E-state index contributed by atoms with van der Waals surface area (Å²) in [6.07, 6.45) is 13.1. The molecular weight excluding hydrogens is 620 g/mol. The molecule has 0 radical (unpaired) electrons. The Morgan fingerprint density at radius 2 is 1.98 bits per heavy atom. The first-order valence-electron chi connectivity index (χ1n) is 16.7. The Bertz CT molecular complexity index is 2090. The number of nitrogens with two attached hydrogens (primary N) is 1. The highest BCUT2D eigenvalue weighted by Gasteiger charge is 2.67. The number of hydrogen-bond donors (Lipinski definition) is 1. The zero-order valence-corrected chi connectivity index (χ0v) is 26.3. The van der Waals surface area contributed by atoms with Gasteiger partial charge in [0, 0.05) is 41.8 Å². The lowest BCUT2D eigenvalue weighted by Crippen LogP contribution is -2.49. The Morgan fingerprint density at radius 1 is 1.12 bits per heavy atom. The van der Waals surface area contributed by atoms with Crippen molar-refractivity contribution in [1.82, 2.24) is 19.9 Å². The topological polar surface area (TPSA) is 80.4 Å². The van der Waals surface area contributed by atoms with E-state index in [0.717, 1.165) is 50.6 Å². The summed E-state index contributed by atoms with van der Waals surface area (Å²) in [5.74, 6) is 1.26. The van der Waals surface area contributed by atoms with Crippen LogP contribution in [0.5, 0.6) is 6.01 Å². The number of rotatable bonds is 5. The quantitative estimate of drug-likeness (QED) is 0.143. The van der Waals surface area contributed by atoms with Gasteiger partial charge in [0.2, 0.25) is 0 Å². The van der Waals surface area contributed by atoms with Crippen molar-refractivity contribution in [3.8, 4) is 29.6 Å². The minimum absolute atomic E-state index is 0.0258. The van der Waals surface area contributed by atoms with Gasteiger partial charge in [0.05, 0.1) is 28.9 Å². The van der Waals surface area contributed by atoms with Crippen LogP contribution < -0.4 is 15.4 Å². The second-order valence-corrected chi connectivity index (χ2v) is 14.3. The first-order valence-corrected chi connectivity index (χ1v) is 16.7. The molecule has 4 aromatic rings. The summed E-state index contributed by atoms with van der Waals surface area (Å²) in [6, 6.07) is 5.56. The van der Waals surface area contributed by atoms with Crippen LogP contribution in [0.3, 0.4) is 0 Å². The minimum atomic E-state index is -1.00. The van der Waals surface area contributed by atoms with Crippen molar-refractivity contribution in [2.45, 2.75) is 62.7 Å². The average molecular weight is 655 g/mol. The number of anilines is 2. The molecule has 2 aliphatic carbocycles. The Hall–Kier alpha value is -4.43. The van der Waals surface area contributed by atoms with Crippen molar-refractivity contribution < 1.29 is 22.3 Å². The molecule has 5 aliphatic rings. The summed E-state index contributed by atoms with van der Waals surface area (Å²) in [4.78, 5) is 18.2. The molecule has 7 nitrogen and oxygen atoms in total. The third-order valence-corrected chi connectivity index (χ3v) is 11.8. The van der Waals surface area contributed by atoms with Crippen molar-refractivity contribution in [2.75, 3.05) is 36.9 Å². The van der Waals surface area contributed by atoms with Crippen molar-refractivity contribution in [3.63, 3.8) is 0 Å². The van der Waals surface area contributed by atoms with Crippen LogP contribution in [0.4, 0.5) is 29.1 Å². The SMILES string of the molecule is C#Cc1c(F)ccc2cc(N)cc(-c3ncc4c(N5CCCC[C@H]6[C@H](F)[C@H]65)nc(OC[C@]56C/C(=C\F)CN5CCC65CC5)nc4c3F)c12. The van der Waals surface area contributed by atoms with Crippen LogP contribution in [0.15, 0.2) is 42.4 Å². The smallest absolute Gasteiger partial charge is 0.319 e. The monoisotopic (exact) mass is 654 g/mol. The number of fused-ring (bicyclic) bond motifs is 5. The number of benzene rings is 2. The van der Waals surface area contributed by atoms with Crippen LogP contribution >= 0.6 is 0 Å². The van der Waals surface area contributed by atoms with Crippen molar-refractivity contribution >= 4 is 33.2 Å². The van der Waals surface area contributed by atoms with Gasteiger partial charge in [-0.05, 0) is 79.6 Å². The maximum atomic E-state index is 17.0. The van der Waals surface area contributed by atoms with E-state index < -0.39 is 23.3 Å². The Balaban J connectivity index is 1.20. The summed E-state index contributed by atoms with van der Waals surface area (Å²) in [5.41, 5.74) is 6.99. The van der Waals surface area contributed by atoms with Crippen LogP contribution in [0.1, 0.15) is 50.5 Å². The first kappa shape index (κ1) is 29.7. The van der Waals surface area contributed by atoms with Crippen LogP contribution in [0.25, 0.3) is 32.9 Å². The highest BCUT2D eigenvalue weighted by molar-refractivity contribution is 6.03. The number of hydrogen-bond acceptors (Lipinski definition) is 7. The van der Waals surface area contributed by atoms with Crippen LogP contribution in [0.2, 0.25) is 0 Å². The van der Waals surface area contributed by atoms with Crippen LogP contribution in [-0.2, 0) is 0 Å². The van der Waals surface area contributed by atoms with Gasteiger partial charge >= 0.3 is 6.01 Å². The zero-order valence-electron chi connectivity index (χ0n) is 26.3. The predicted octanol–water partition coefficient (Wildman–Crippen LogP) is 6.87. The lowest BCUT2D eigenvalue weighted by Gasteiger charge is -2.37. The highest BCUT2D eigenvalue weighted by Crippen LogP contribution is 2.66. The average Bonchev–Trinajstić information content (AvgIpc) is 3.96. The molecule has 11 heteroatoms. The molecule has 5 fully saturated rings. The van der Waals surface area contributed by atoms with Gasteiger partial charge in [-0.2, -0.15) is 9.97 Å². The Labute approximate surface area is 275 Å². The van der Waals surface area contributed by atoms with E-state index in [0.29, 0.717) is 53.5 Å². The standard InChI is InChI=1S/C37H34F4N6O/c1-2-23-27(39)7-6-21-13-22(42)14-25(28(21)23)31-30(41)32-26(17-43-31)34(47-11-4-3-5-24-29(40)33(24)47)45-35(44-32)48-19-37-15-20(16-38)18-46(37)12-10-36(37)8-9-36/h1,6-7,13-14,16-17,24,29,33H,3-5,8-12,15,18-19,42H2/b20-16+/t24-,29-,33-,37-/m0/s1. The second-order valence-electron chi connectivity index (χ2n) is 14.3. The number of nitrogen functional groups attached to an aromatic ring is 1. The third-order valence-electron chi connectivity index (χ3n) is 11.8. The summed E-state index contributed by atoms with van der Waals surface area (Å²) < 4.78 is 67.2. The Morgan fingerprint density at radius 3 is 2.77 bits per heavy atom. The molecule has 4 atom stereocenters. The van der Waals surface area contributed by atoms with Gasteiger partial charge in [-0.25, -0.2) is 17.6 Å².